The summed E-state index contributed by atoms with van der Waals surface area (Å²) in [6, 6.07) is 7.59. The number of hydrogen-bond acceptors (Lipinski definition) is 2. The zero-order valence-electron chi connectivity index (χ0n) is 10.6. The van der Waals surface area contributed by atoms with Crippen LogP contribution in [0.1, 0.15) is 37.8 Å². The molecule has 0 saturated carbocycles. The van der Waals surface area contributed by atoms with Crippen molar-refractivity contribution < 1.29 is 9.90 Å². The summed E-state index contributed by atoms with van der Waals surface area (Å²) in [7, 11) is 0. The Balaban J connectivity index is 2.36. The van der Waals surface area contributed by atoms with Gasteiger partial charge in [0.1, 0.15) is 0 Å². The van der Waals surface area contributed by atoms with Gasteiger partial charge in [-0.05, 0) is 17.0 Å². The molecule has 2 N–H and O–H groups in total. The number of hydrogen-bond donors (Lipinski definition) is 2. The molecule has 0 aliphatic heterocycles. The Morgan fingerprint density at radius 3 is 2.41 bits per heavy atom. The zero-order valence-corrected chi connectivity index (χ0v) is 10.6. The second-order valence-electron chi connectivity index (χ2n) is 4.47. The second kappa shape index (κ2) is 7.07. The molecular formula is C14H21NO2. The Morgan fingerprint density at radius 1 is 1.29 bits per heavy atom. The first-order valence-corrected chi connectivity index (χ1v) is 6.11. The fourth-order valence-electron chi connectivity index (χ4n) is 1.50. The maximum absolute atomic E-state index is 11.6. The molecule has 1 unspecified atom stereocenters. The Morgan fingerprint density at radius 2 is 1.88 bits per heavy atom. The predicted octanol–water partition coefficient (Wildman–Crippen LogP) is 2.23. The standard InChI is InChI=1S/C14H21NO2/c1-3-11(2)8-14(17)15-9-12-4-6-13(10-16)7-5-12/h4-7,11,16H,3,8-10H2,1-2H3,(H,15,17). The lowest BCUT2D eigenvalue weighted by atomic mass is 10.0. The van der Waals surface area contributed by atoms with Gasteiger partial charge >= 0.3 is 0 Å². The normalized spacial score (nSPS) is 12.2. The molecule has 1 atom stereocenters. The van der Waals surface area contributed by atoms with Crippen LogP contribution in [0.15, 0.2) is 24.3 Å². The number of aliphatic hydroxyl groups is 1. The van der Waals surface area contributed by atoms with E-state index >= 15 is 0 Å². The number of benzene rings is 1. The molecule has 0 saturated heterocycles. The highest BCUT2D eigenvalue weighted by atomic mass is 16.3. The van der Waals surface area contributed by atoms with Gasteiger partial charge in [-0.3, -0.25) is 4.79 Å². The van der Waals surface area contributed by atoms with Crippen LogP contribution in [0, 0.1) is 5.92 Å². The van der Waals surface area contributed by atoms with Gasteiger partial charge in [0, 0.05) is 13.0 Å². The van der Waals surface area contributed by atoms with Crippen molar-refractivity contribution in [2.24, 2.45) is 5.92 Å². The van der Waals surface area contributed by atoms with Crippen molar-refractivity contribution in [3.05, 3.63) is 35.4 Å². The van der Waals surface area contributed by atoms with Gasteiger partial charge in [0.2, 0.25) is 5.91 Å². The minimum Gasteiger partial charge on any atom is -0.392 e. The van der Waals surface area contributed by atoms with Crippen LogP contribution in [0.4, 0.5) is 0 Å². The van der Waals surface area contributed by atoms with E-state index in [1.54, 1.807) is 0 Å². The van der Waals surface area contributed by atoms with Gasteiger partial charge in [-0.25, -0.2) is 0 Å². The first kappa shape index (κ1) is 13.7. The average molecular weight is 235 g/mol. The van der Waals surface area contributed by atoms with Crippen LogP contribution < -0.4 is 5.32 Å². The van der Waals surface area contributed by atoms with Crippen LogP contribution in [0.2, 0.25) is 0 Å². The van der Waals surface area contributed by atoms with Crippen LogP contribution in [0.3, 0.4) is 0 Å². The maximum Gasteiger partial charge on any atom is 0.220 e. The molecule has 0 aromatic heterocycles. The molecule has 94 valence electrons. The predicted molar refractivity (Wildman–Crippen MR) is 68.3 cm³/mol. The highest BCUT2D eigenvalue weighted by Crippen LogP contribution is 2.07. The van der Waals surface area contributed by atoms with E-state index in [4.69, 9.17) is 5.11 Å². The molecule has 17 heavy (non-hydrogen) atoms. The molecular weight excluding hydrogens is 214 g/mol. The van der Waals surface area contributed by atoms with Crippen LogP contribution in [-0.4, -0.2) is 11.0 Å². The summed E-state index contributed by atoms with van der Waals surface area (Å²) in [5, 5.41) is 11.8. The van der Waals surface area contributed by atoms with E-state index in [0.29, 0.717) is 18.9 Å². The summed E-state index contributed by atoms with van der Waals surface area (Å²) in [6.45, 7) is 4.78. The van der Waals surface area contributed by atoms with Crippen molar-refractivity contribution in [3.8, 4) is 0 Å². The summed E-state index contributed by atoms with van der Waals surface area (Å²) < 4.78 is 0. The summed E-state index contributed by atoms with van der Waals surface area (Å²) >= 11 is 0. The van der Waals surface area contributed by atoms with Crippen molar-refractivity contribution >= 4 is 5.91 Å². The number of carbonyl (C=O) groups is 1. The number of rotatable bonds is 6. The lowest BCUT2D eigenvalue weighted by Gasteiger charge is -2.09. The van der Waals surface area contributed by atoms with Crippen LogP contribution >= 0.6 is 0 Å². The molecule has 1 aromatic rings. The van der Waals surface area contributed by atoms with Crippen molar-refractivity contribution in [1.82, 2.24) is 5.32 Å². The fourth-order valence-corrected chi connectivity index (χ4v) is 1.50. The van der Waals surface area contributed by atoms with E-state index in [2.05, 4.69) is 19.2 Å². The third-order valence-electron chi connectivity index (χ3n) is 2.93. The second-order valence-corrected chi connectivity index (χ2v) is 4.47. The molecule has 0 spiro atoms. The topological polar surface area (TPSA) is 49.3 Å². The van der Waals surface area contributed by atoms with Crippen molar-refractivity contribution in [3.63, 3.8) is 0 Å². The Hall–Kier alpha value is -1.35. The minimum absolute atomic E-state index is 0.0562. The van der Waals surface area contributed by atoms with E-state index in [0.717, 1.165) is 17.5 Å². The molecule has 1 amide bonds. The highest BCUT2D eigenvalue weighted by molar-refractivity contribution is 5.76. The van der Waals surface area contributed by atoms with Crippen molar-refractivity contribution in [2.75, 3.05) is 0 Å². The smallest absolute Gasteiger partial charge is 0.220 e. The van der Waals surface area contributed by atoms with E-state index in [-0.39, 0.29) is 12.5 Å². The number of carbonyl (C=O) groups excluding carboxylic acids is 1. The van der Waals surface area contributed by atoms with Gasteiger partial charge in [-0.2, -0.15) is 0 Å². The third kappa shape index (κ3) is 5.00. The lowest BCUT2D eigenvalue weighted by Crippen LogP contribution is -2.24. The number of aliphatic hydroxyl groups excluding tert-OH is 1. The first-order chi connectivity index (χ1) is 8.15. The molecule has 0 radical (unpaired) electrons. The molecule has 1 rings (SSSR count). The summed E-state index contributed by atoms with van der Waals surface area (Å²) in [6.07, 6.45) is 1.61. The minimum atomic E-state index is 0.0562. The van der Waals surface area contributed by atoms with Crippen LogP contribution in [0.5, 0.6) is 0 Å². The van der Waals surface area contributed by atoms with E-state index in [1.807, 2.05) is 24.3 Å². The van der Waals surface area contributed by atoms with Crippen LogP contribution in [-0.2, 0) is 17.9 Å². The molecule has 3 heteroatoms. The van der Waals surface area contributed by atoms with Gasteiger partial charge in [0.15, 0.2) is 0 Å². The van der Waals surface area contributed by atoms with E-state index in [9.17, 15) is 4.79 Å². The molecule has 0 heterocycles. The Kier molecular flexibility index (Phi) is 5.70. The molecule has 0 fully saturated rings. The van der Waals surface area contributed by atoms with E-state index in [1.165, 1.54) is 0 Å². The summed E-state index contributed by atoms with van der Waals surface area (Å²) in [5.41, 5.74) is 1.94. The largest absolute Gasteiger partial charge is 0.392 e. The number of nitrogens with one attached hydrogen (secondary N) is 1. The fraction of sp³-hybridized carbons (Fsp3) is 0.500. The molecule has 1 aromatic carbocycles. The number of amides is 1. The van der Waals surface area contributed by atoms with Crippen LogP contribution in [0.25, 0.3) is 0 Å². The average Bonchev–Trinajstić information content (AvgIpc) is 2.36. The van der Waals surface area contributed by atoms with Gasteiger partial charge in [0.05, 0.1) is 6.61 Å². The molecule has 3 nitrogen and oxygen atoms in total. The van der Waals surface area contributed by atoms with E-state index < -0.39 is 0 Å². The quantitative estimate of drug-likeness (QED) is 0.794. The first-order valence-electron chi connectivity index (χ1n) is 6.11. The third-order valence-corrected chi connectivity index (χ3v) is 2.93. The molecule has 0 aliphatic rings. The summed E-state index contributed by atoms with van der Waals surface area (Å²) in [5.74, 6) is 0.539. The van der Waals surface area contributed by atoms with Gasteiger partial charge in [0.25, 0.3) is 0 Å². The molecule has 0 aliphatic carbocycles. The van der Waals surface area contributed by atoms with Gasteiger partial charge in [-0.1, -0.05) is 44.5 Å². The SMILES string of the molecule is CCC(C)CC(=O)NCc1ccc(CO)cc1. The Labute approximate surface area is 103 Å². The highest BCUT2D eigenvalue weighted by Gasteiger charge is 2.06. The van der Waals surface area contributed by atoms with Gasteiger partial charge in [-0.15, -0.1) is 0 Å². The summed E-state index contributed by atoms with van der Waals surface area (Å²) in [4.78, 5) is 11.6. The zero-order chi connectivity index (χ0) is 12.7. The monoisotopic (exact) mass is 235 g/mol. The maximum atomic E-state index is 11.6. The molecule has 0 bridgehead atoms. The van der Waals surface area contributed by atoms with Gasteiger partial charge < -0.3 is 10.4 Å². The lowest BCUT2D eigenvalue weighted by molar-refractivity contribution is -0.122. The van der Waals surface area contributed by atoms with Crippen molar-refractivity contribution in [2.45, 2.75) is 39.8 Å². The Bertz CT molecular complexity index is 346. The van der Waals surface area contributed by atoms with Crippen molar-refractivity contribution in [1.29, 1.82) is 0 Å².